The molecular formula is C27H30N6O4. The average molecular weight is 503 g/mol. The van der Waals surface area contributed by atoms with Gasteiger partial charge in [0.05, 0.1) is 42.3 Å². The molecule has 192 valence electrons. The van der Waals surface area contributed by atoms with Crippen molar-refractivity contribution in [1.29, 1.82) is 0 Å². The standard InChI is InChI=1S/C27H30N6O4/c1-3-37-23-16-17(32-13-10-18(34)11-14-32)8-9-22(23)33-15-12-21-24(33)25(31-27(28)30-21)29-20-7-5-4-6-19(20)26(35)36-2/h4-9,12,15-16,18,34H,3,10-11,13-14H2,1-2H3,(H3,28,29,30,31). The van der Waals surface area contributed by atoms with Gasteiger partial charge in [0.1, 0.15) is 11.3 Å². The summed E-state index contributed by atoms with van der Waals surface area (Å²) in [5, 5.41) is 13.1. The van der Waals surface area contributed by atoms with Gasteiger partial charge in [-0.1, -0.05) is 12.1 Å². The van der Waals surface area contributed by atoms with Gasteiger partial charge in [0.2, 0.25) is 5.95 Å². The third-order valence-electron chi connectivity index (χ3n) is 6.47. The second kappa shape index (κ2) is 10.4. The molecule has 1 aliphatic rings. The molecular weight excluding hydrogens is 472 g/mol. The van der Waals surface area contributed by atoms with E-state index >= 15 is 0 Å². The molecule has 0 saturated carbocycles. The van der Waals surface area contributed by atoms with Crippen LogP contribution in [-0.2, 0) is 4.74 Å². The maximum Gasteiger partial charge on any atom is 0.339 e. The number of hydrogen-bond donors (Lipinski definition) is 3. The summed E-state index contributed by atoms with van der Waals surface area (Å²) in [5.41, 5.74) is 10.1. The van der Waals surface area contributed by atoms with E-state index in [-0.39, 0.29) is 12.1 Å². The van der Waals surface area contributed by atoms with E-state index in [1.807, 2.05) is 42.0 Å². The monoisotopic (exact) mass is 502 g/mol. The van der Waals surface area contributed by atoms with E-state index in [0.29, 0.717) is 40.5 Å². The minimum Gasteiger partial charge on any atom is -0.492 e. The number of nitrogens with one attached hydrogen (secondary N) is 1. The maximum atomic E-state index is 12.3. The van der Waals surface area contributed by atoms with Crippen LogP contribution in [0.3, 0.4) is 0 Å². The second-order valence-electron chi connectivity index (χ2n) is 8.82. The molecule has 10 heteroatoms. The Morgan fingerprint density at radius 1 is 1.16 bits per heavy atom. The number of aliphatic hydroxyl groups is 1. The number of hydrogen-bond acceptors (Lipinski definition) is 9. The van der Waals surface area contributed by atoms with E-state index in [0.717, 1.165) is 37.3 Å². The summed E-state index contributed by atoms with van der Waals surface area (Å²) in [6.45, 7) is 4.02. The maximum absolute atomic E-state index is 12.3. The number of esters is 1. The lowest BCUT2D eigenvalue weighted by molar-refractivity contribution is 0.0602. The van der Waals surface area contributed by atoms with Crippen LogP contribution >= 0.6 is 0 Å². The van der Waals surface area contributed by atoms with Crippen LogP contribution in [0.2, 0.25) is 0 Å². The van der Waals surface area contributed by atoms with E-state index in [1.165, 1.54) is 7.11 Å². The highest BCUT2D eigenvalue weighted by Gasteiger charge is 2.21. The van der Waals surface area contributed by atoms with Crippen molar-refractivity contribution in [2.24, 2.45) is 0 Å². The molecule has 4 aromatic rings. The first-order valence-corrected chi connectivity index (χ1v) is 12.3. The van der Waals surface area contributed by atoms with E-state index in [4.69, 9.17) is 15.2 Å². The largest absolute Gasteiger partial charge is 0.492 e. The highest BCUT2D eigenvalue weighted by atomic mass is 16.5. The van der Waals surface area contributed by atoms with Crippen molar-refractivity contribution in [2.75, 3.05) is 42.8 Å². The van der Waals surface area contributed by atoms with Crippen LogP contribution in [0.4, 0.5) is 23.1 Å². The minimum absolute atomic E-state index is 0.107. The summed E-state index contributed by atoms with van der Waals surface area (Å²) in [7, 11) is 1.34. The fourth-order valence-corrected chi connectivity index (χ4v) is 4.65. The Morgan fingerprint density at radius 2 is 1.95 bits per heavy atom. The smallest absolute Gasteiger partial charge is 0.339 e. The zero-order valence-electron chi connectivity index (χ0n) is 20.8. The quantitative estimate of drug-likeness (QED) is 0.322. The van der Waals surface area contributed by atoms with E-state index in [9.17, 15) is 9.90 Å². The van der Waals surface area contributed by atoms with Crippen molar-refractivity contribution in [3.63, 3.8) is 0 Å². The number of para-hydroxylation sites is 1. The molecule has 4 N–H and O–H groups in total. The normalized spacial score (nSPS) is 14.1. The highest BCUT2D eigenvalue weighted by Crippen LogP contribution is 2.35. The second-order valence-corrected chi connectivity index (χ2v) is 8.82. The van der Waals surface area contributed by atoms with Crippen molar-refractivity contribution < 1.29 is 19.4 Å². The van der Waals surface area contributed by atoms with Crippen molar-refractivity contribution in [3.8, 4) is 11.4 Å². The number of ether oxygens (including phenoxy) is 2. The summed E-state index contributed by atoms with van der Waals surface area (Å²) in [6.07, 6.45) is 3.14. The number of carbonyl (C=O) groups is 1. The van der Waals surface area contributed by atoms with Crippen LogP contribution in [0.1, 0.15) is 30.1 Å². The number of carbonyl (C=O) groups excluding carboxylic acids is 1. The van der Waals surface area contributed by atoms with Gasteiger partial charge in [0.15, 0.2) is 5.82 Å². The Hall–Kier alpha value is -4.31. The summed E-state index contributed by atoms with van der Waals surface area (Å²) in [6, 6.07) is 15.0. The first-order chi connectivity index (χ1) is 18.0. The number of fused-ring (bicyclic) bond motifs is 1. The van der Waals surface area contributed by atoms with E-state index in [1.54, 1.807) is 18.2 Å². The molecule has 1 fully saturated rings. The number of aromatic nitrogens is 3. The number of piperidine rings is 1. The number of aliphatic hydroxyl groups excluding tert-OH is 1. The van der Waals surface area contributed by atoms with Gasteiger partial charge in [-0.2, -0.15) is 4.98 Å². The molecule has 37 heavy (non-hydrogen) atoms. The van der Waals surface area contributed by atoms with Crippen LogP contribution in [0.5, 0.6) is 5.75 Å². The van der Waals surface area contributed by atoms with Crippen LogP contribution in [0.25, 0.3) is 16.7 Å². The third-order valence-corrected chi connectivity index (χ3v) is 6.47. The van der Waals surface area contributed by atoms with Crippen LogP contribution in [0, 0.1) is 0 Å². The minimum atomic E-state index is -0.462. The van der Waals surface area contributed by atoms with Crippen LogP contribution in [0.15, 0.2) is 54.7 Å². The lowest BCUT2D eigenvalue weighted by Crippen LogP contribution is -2.35. The molecule has 0 amide bonds. The SMILES string of the molecule is CCOc1cc(N2CCC(O)CC2)ccc1-n1ccc2nc(N)nc(Nc3ccccc3C(=O)OC)c21. The van der Waals surface area contributed by atoms with Gasteiger partial charge in [0.25, 0.3) is 0 Å². The molecule has 0 spiro atoms. The number of nitrogen functional groups attached to an aromatic ring is 1. The molecule has 0 bridgehead atoms. The first-order valence-electron chi connectivity index (χ1n) is 12.3. The van der Waals surface area contributed by atoms with E-state index in [2.05, 4.69) is 26.3 Å². The van der Waals surface area contributed by atoms with Gasteiger partial charge in [-0.05, 0) is 50.1 Å². The van der Waals surface area contributed by atoms with Gasteiger partial charge in [-0.3, -0.25) is 0 Å². The Kier molecular flexibility index (Phi) is 6.82. The van der Waals surface area contributed by atoms with Crippen molar-refractivity contribution in [3.05, 3.63) is 60.3 Å². The molecule has 0 unspecified atom stereocenters. The summed E-state index contributed by atoms with van der Waals surface area (Å²) < 4.78 is 13.0. The lowest BCUT2D eigenvalue weighted by Gasteiger charge is -2.32. The Labute approximate surface area is 214 Å². The topological polar surface area (TPSA) is 128 Å². The predicted octanol–water partition coefficient (Wildman–Crippen LogP) is 3.89. The molecule has 2 aromatic heterocycles. The summed E-state index contributed by atoms with van der Waals surface area (Å²) in [4.78, 5) is 23.5. The molecule has 0 aliphatic carbocycles. The number of benzene rings is 2. The number of nitrogens with two attached hydrogens (primary N) is 1. The number of rotatable bonds is 7. The molecule has 1 saturated heterocycles. The van der Waals surface area contributed by atoms with Gasteiger partial charge in [0, 0.05) is 31.0 Å². The lowest BCUT2D eigenvalue weighted by atomic mass is 10.1. The zero-order valence-corrected chi connectivity index (χ0v) is 20.8. The average Bonchev–Trinajstić information content (AvgIpc) is 3.33. The van der Waals surface area contributed by atoms with Gasteiger partial charge in [-0.15, -0.1) is 0 Å². The third kappa shape index (κ3) is 4.88. The summed E-state index contributed by atoms with van der Waals surface area (Å²) >= 11 is 0. The van der Waals surface area contributed by atoms with E-state index < -0.39 is 5.97 Å². The molecule has 0 radical (unpaired) electrons. The van der Waals surface area contributed by atoms with Gasteiger partial charge < -0.3 is 35.1 Å². The fourth-order valence-electron chi connectivity index (χ4n) is 4.65. The van der Waals surface area contributed by atoms with Gasteiger partial charge in [-0.25, -0.2) is 9.78 Å². The first kappa shape index (κ1) is 24.4. The molecule has 1 aliphatic heterocycles. The molecule has 3 heterocycles. The molecule has 2 aromatic carbocycles. The molecule has 0 atom stereocenters. The Morgan fingerprint density at radius 3 is 2.70 bits per heavy atom. The van der Waals surface area contributed by atoms with Crippen LogP contribution in [-0.4, -0.2) is 58.5 Å². The zero-order chi connectivity index (χ0) is 25.9. The Balaban J connectivity index is 1.59. The molecule has 10 nitrogen and oxygen atoms in total. The predicted molar refractivity (Wildman–Crippen MR) is 143 cm³/mol. The number of methoxy groups -OCH3 is 1. The van der Waals surface area contributed by atoms with Crippen LogP contribution < -0.4 is 20.7 Å². The van der Waals surface area contributed by atoms with Crippen molar-refractivity contribution in [2.45, 2.75) is 25.9 Å². The van der Waals surface area contributed by atoms with Crippen molar-refractivity contribution in [1.82, 2.24) is 14.5 Å². The highest BCUT2D eigenvalue weighted by molar-refractivity contribution is 5.98. The number of nitrogens with zero attached hydrogens (tertiary/aromatic N) is 4. The Bertz CT molecular complexity index is 1430. The number of anilines is 4. The van der Waals surface area contributed by atoms with Gasteiger partial charge >= 0.3 is 5.97 Å². The summed E-state index contributed by atoms with van der Waals surface area (Å²) in [5.74, 6) is 0.800. The molecule has 5 rings (SSSR count). The van der Waals surface area contributed by atoms with Crippen molar-refractivity contribution >= 4 is 40.1 Å². The fraction of sp³-hybridized carbons (Fsp3) is 0.296.